The minimum atomic E-state index is -0.886. The van der Waals surface area contributed by atoms with E-state index in [4.69, 9.17) is 14.6 Å². The Morgan fingerprint density at radius 2 is 1.52 bits per heavy atom. The highest BCUT2D eigenvalue weighted by molar-refractivity contribution is 5.87. The molecule has 0 aliphatic carbocycles. The molecule has 0 amide bonds. The number of unbranched alkanes of at least 4 members (excludes halogenated alkanes) is 4. The molecule has 0 bridgehead atoms. The second-order valence-corrected chi connectivity index (χ2v) is 6.25. The molecule has 0 spiro atoms. The monoisotopic (exact) mass is 328 g/mol. The Morgan fingerprint density at radius 3 is 2.04 bits per heavy atom. The molecule has 0 aromatic heterocycles. The van der Waals surface area contributed by atoms with E-state index in [9.17, 15) is 14.4 Å². The van der Waals surface area contributed by atoms with Crippen molar-refractivity contribution in [3.63, 3.8) is 0 Å². The molecule has 0 aromatic rings. The van der Waals surface area contributed by atoms with Gasteiger partial charge in [0.1, 0.15) is 12.2 Å². The summed E-state index contributed by atoms with van der Waals surface area (Å²) in [4.78, 5) is 33.4. The van der Waals surface area contributed by atoms with Gasteiger partial charge in [-0.1, -0.05) is 25.8 Å². The van der Waals surface area contributed by atoms with Gasteiger partial charge in [0, 0.05) is 18.4 Å². The minimum absolute atomic E-state index is 0.00344. The van der Waals surface area contributed by atoms with Crippen LogP contribution in [0.25, 0.3) is 0 Å². The molecule has 1 N–H and O–H groups in total. The van der Waals surface area contributed by atoms with Crippen molar-refractivity contribution in [2.45, 2.75) is 71.3 Å². The molecule has 0 unspecified atom stereocenters. The first-order valence-corrected chi connectivity index (χ1v) is 7.90. The van der Waals surface area contributed by atoms with Crippen molar-refractivity contribution in [3.05, 3.63) is 12.2 Å². The standard InChI is InChI=1S/C17H28O6/c1-13(2)16(21)23-17(3,4)12-22-15(20)11-9-7-5-6-8-10-14(18)19/h1,5-12H2,2-4H3,(H,18,19). The number of carboxylic acid groups (broad SMARTS) is 1. The van der Waals surface area contributed by atoms with E-state index in [2.05, 4.69) is 6.58 Å². The summed E-state index contributed by atoms with van der Waals surface area (Å²) in [5, 5.41) is 8.50. The summed E-state index contributed by atoms with van der Waals surface area (Å²) in [6, 6.07) is 0. The maximum atomic E-state index is 11.6. The Bertz CT molecular complexity index is 425. The maximum Gasteiger partial charge on any atom is 0.333 e. The van der Waals surface area contributed by atoms with Gasteiger partial charge in [-0.2, -0.15) is 0 Å². The molecular formula is C17H28O6. The van der Waals surface area contributed by atoms with Crippen molar-refractivity contribution in [2.24, 2.45) is 0 Å². The molecule has 0 rings (SSSR count). The fourth-order valence-electron chi connectivity index (χ4n) is 1.77. The minimum Gasteiger partial charge on any atom is -0.481 e. The molecule has 0 saturated heterocycles. The number of carbonyl (C=O) groups is 3. The van der Waals surface area contributed by atoms with E-state index >= 15 is 0 Å². The zero-order valence-corrected chi connectivity index (χ0v) is 14.4. The maximum absolute atomic E-state index is 11.6. The van der Waals surface area contributed by atoms with Crippen LogP contribution in [0.4, 0.5) is 0 Å². The van der Waals surface area contributed by atoms with Crippen LogP contribution >= 0.6 is 0 Å². The van der Waals surface area contributed by atoms with Gasteiger partial charge in [-0.25, -0.2) is 4.79 Å². The molecule has 0 heterocycles. The second-order valence-electron chi connectivity index (χ2n) is 6.25. The molecule has 0 fully saturated rings. The van der Waals surface area contributed by atoms with E-state index in [1.165, 1.54) is 0 Å². The summed E-state index contributed by atoms with van der Waals surface area (Å²) in [6.45, 7) is 8.40. The van der Waals surface area contributed by atoms with Crippen molar-refractivity contribution >= 4 is 17.9 Å². The Kier molecular flexibility index (Phi) is 9.94. The van der Waals surface area contributed by atoms with Gasteiger partial charge in [-0.05, 0) is 33.6 Å². The van der Waals surface area contributed by atoms with E-state index in [0.717, 1.165) is 19.3 Å². The SMILES string of the molecule is C=C(C)C(=O)OC(C)(C)COC(=O)CCCCCCCC(=O)O. The highest BCUT2D eigenvalue weighted by Gasteiger charge is 2.25. The number of carboxylic acids is 1. The Labute approximate surface area is 137 Å². The van der Waals surface area contributed by atoms with Crippen LogP contribution in [0.3, 0.4) is 0 Å². The molecule has 0 aliphatic heterocycles. The molecule has 0 atom stereocenters. The van der Waals surface area contributed by atoms with Gasteiger partial charge < -0.3 is 14.6 Å². The number of rotatable bonds is 12. The van der Waals surface area contributed by atoms with Crippen LogP contribution < -0.4 is 0 Å². The summed E-state index contributed by atoms with van der Waals surface area (Å²) >= 11 is 0. The highest BCUT2D eigenvalue weighted by Crippen LogP contribution is 2.13. The number of carbonyl (C=O) groups excluding carboxylic acids is 2. The van der Waals surface area contributed by atoms with Crippen molar-refractivity contribution in [1.82, 2.24) is 0 Å². The predicted molar refractivity (Wildman–Crippen MR) is 85.9 cm³/mol. The largest absolute Gasteiger partial charge is 0.481 e. The van der Waals surface area contributed by atoms with Crippen LogP contribution in [0, 0.1) is 0 Å². The third-order valence-corrected chi connectivity index (χ3v) is 3.07. The average molecular weight is 328 g/mol. The lowest BCUT2D eigenvalue weighted by molar-refractivity contribution is -0.165. The Morgan fingerprint density at radius 1 is 1.00 bits per heavy atom. The summed E-state index contributed by atoms with van der Waals surface area (Å²) in [6.07, 6.45) is 4.50. The molecule has 6 heteroatoms. The van der Waals surface area contributed by atoms with Gasteiger partial charge in [-0.15, -0.1) is 0 Å². The number of aliphatic carboxylic acids is 1. The predicted octanol–water partition coefficient (Wildman–Crippen LogP) is 3.24. The lowest BCUT2D eigenvalue weighted by atomic mass is 10.1. The smallest absolute Gasteiger partial charge is 0.333 e. The normalized spacial score (nSPS) is 10.9. The van der Waals surface area contributed by atoms with Crippen LogP contribution in [0.15, 0.2) is 12.2 Å². The first-order chi connectivity index (χ1) is 10.6. The van der Waals surface area contributed by atoms with Crippen LogP contribution in [0.2, 0.25) is 0 Å². The molecule has 6 nitrogen and oxygen atoms in total. The van der Waals surface area contributed by atoms with E-state index in [0.29, 0.717) is 24.8 Å². The van der Waals surface area contributed by atoms with Gasteiger partial charge in [0.05, 0.1) is 0 Å². The molecule has 132 valence electrons. The van der Waals surface area contributed by atoms with Crippen LogP contribution in [0.1, 0.15) is 65.7 Å². The van der Waals surface area contributed by atoms with Crippen molar-refractivity contribution in [2.75, 3.05) is 6.61 Å². The van der Waals surface area contributed by atoms with Gasteiger partial charge in [0.2, 0.25) is 0 Å². The van der Waals surface area contributed by atoms with E-state index in [-0.39, 0.29) is 19.0 Å². The molecule has 0 aliphatic rings. The summed E-state index contributed by atoms with van der Waals surface area (Å²) < 4.78 is 10.3. The first kappa shape index (κ1) is 21.1. The van der Waals surface area contributed by atoms with Crippen molar-refractivity contribution in [1.29, 1.82) is 0 Å². The van der Waals surface area contributed by atoms with Crippen molar-refractivity contribution in [3.8, 4) is 0 Å². The van der Waals surface area contributed by atoms with E-state index in [1.807, 2.05) is 0 Å². The lowest BCUT2D eigenvalue weighted by Crippen LogP contribution is -2.34. The number of hydrogen-bond donors (Lipinski definition) is 1. The van der Waals surface area contributed by atoms with E-state index < -0.39 is 17.5 Å². The zero-order chi connectivity index (χ0) is 17.9. The molecule has 0 saturated carbocycles. The van der Waals surface area contributed by atoms with Crippen LogP contribution in [0.5, 0.6) is 0 Å². The quantitative estimate of drug-likeness (QED) is 0.336. The number of esters is 2. The summed E-state index contributed by atoms with van der Waals surface area (Å²) in [5.41, 5.74) is -0.588. The third-order valence-electron chi connectivity index (χ3n) is 3.07. The van der Waals surface area contributed by atoms with Crippen molar-refractivity contribution < 1.29 is 29.0 Å². The van der Waals surface area contributed by atoms with Gasteiger partial charge in [0.25, 0.3) is 0 Å². The molecule has 0 aromatic carbocycles. The summed E-state index contributed by atoms with van der Waals surface area (Å²) in [7, 11) is 0. The molecular weight excluding hydrogens is 300 g/mol. The first-order valence-electron chi connectivity index (χ1n) is 7.90. The van der Waals surface area contributed by atoms with E-state index in [1.54, 1.807) is 20.8 Å². The van der Waals surface area contributed by atoms with Crippen LogP contribution in [-0.2, 0) is 23.9 Å². The lowest BCUT2D eigenvalue weighted by Gasteiger charge is -2.24. The molecule has 23 heavy (non-hydrogen) atoms. The summed E-state index contributed by atoms with van der Waals surface area (Å²) in [5.74, 6) is -1.61. The fraction of sp³-hybridized carbons (Fsp3) is 0.706. The van der Waals surface area contributed by atoms with Crippen LogP contribution in [-0.4, -0.2) is 35.2 Å². The molecule has 0 radical (unpaired) electrons. The number of hydrogen-bond acceptors (Lipinski definition) is 5. The van der Waals surface area contributed by atoms with Gasteiger partial charge in [0.15, 0.2) is 0 Å². The third kappa shape index (κ3) is 12.4. The Hall–Kier alpha value is -1.85. The van der Waals surface area contributed by atoms with Gasteiger partial charge >= 0.3 is 17.9 Å². The van der Waals surface area contributed by atoms with Gasteiger partial charge in [-0.3, -0.25) is 9.59 Å². The second kappa shape index (κ2) is 10.8. The topological polar surface area (TPSA) is 89.9 Å². The highest BCUT2D eigenvalue weighted by atomic mass is 16.6. The zero-order valence-electron chi connectivity index (χ0n) is 14.4. The Balaban J connectivity index is 3.76. The number of ether oxygens (including phenoxy) is 2. The average Bonchev–Trinajstić information content (AvgIpc) is 2.43. The fourth-order valence-corrected chi connectivity index (χ4v) is 1.77.